The van der Waals surface area contributed by atoms with Crippen LogP contribution in [0.25, 0.3) is 0 Å². The number of rotatable bonds is 5. The van der Waals surface area contributed by atoms with E-state index < -0.39 is 11.4 Å². The maximum Gasteiger partial charge on any atom is 0.309 e. The molecule has 1 N–H and O–H groups in total. The van der Waals surface area contributed by atoms with Crippen LogP contribution in [0.15, 0.2) is 24.3 Å². The summed E-state index contributed by atoms with van der Waals surface area (Å²) in [5, 5.41) is 9.54. The fourth-order valence-corrected chi connectivity index (χ4v) is 3.46. The number of hydrogen-bond acceptors (Lipinski definition) is 1. The topological polar surface area (TPSA) is 37.3 Å². The van der Waals surface area contributed by atoms with Crippen LogP contribution >= 0.6 is 0 Å². The molecule has 0 aliphatic heterocycles. The summed E-state index contributed by atoms with van der Waals surface area (Å²) >= 11 is 0. The lowest BCUT2D eigenvalue weighted by Crippen LogP contribution is -2.30. The zero-order chi connectivity index (χ0) is 13.9. The molecule has 19 heavy (non-hydrogen) atoms. The Morgan fingerprint density at radius 2 is 2.16 bits per heavy atom. The van der Waals surface area contributed by atoms with Crippen LogP contribution in [0.3, 0.4) is 0 Å². The number of aryl methyl sites for hydroxylation is 1. The Morgan fingerprint density at radius 1 is 1.42 bits per heavy atom. The van der Waals surface area contributed by atoms with Gasteiger partial charge in [0.2, 0.25) is 0 Å². The standard InChI is InChI=1S/C17H24O2/c1-3-11-17(2,16(18)19)12-14-9-6-8-13-7-4-5-10-15(13)14/h4-5,7,10,14H,3,6,8-9,11-12H2,1-2H3,(H,18,19). The molecule has 2 heteroatoms. The highest BCUT2D eigenvalue weighted by Crippen LogP contribution is 2.41. The third kappa shape index (κ3) is 2.99. The number of carboxylic acids is 1. The molecule has 104 valence electrons. The summed E-state index contributed by atoms with van der Waals surface area (Å²) in [6.07, 6.45) is 5.92. The van der Waals surface area contributed by atoms with Gasteiger partial charge in [0.15, 0.2) is 0 Å². The van der Waals surface area contributed by atoms with E-state index in [0.717, 1.165) is 32.1 Å². The van der Waals surface area contributed by atoms with E-state index in [-0.39, 0.29) is 0 Å². The van der Waals surface area contributed by atoms with Crippen LogP contribution in [0.2, 0.25) is 0 Å². The van der Waals surface area contributed by atoms with E-state index in [0.29, 0.717) is 5.92 Å². The number of benzene rings is 1. The quantitative estimate of drug-likeness (QED) is 0.852. The smallest absolute Gasteiger partial charge is 0.309 e. The predicted octanol–water partition coefficient (Wildman–Crippen LogP) is 4.39. The minimum absolute atomic E-state index is 0.414. The van der Waals surface area contributed by atoms with E-state index in [4.69, 9.17) is 0 Å². The van der Waals surface area contributed by atoms with E-state index in [9.17, 15) is 9.90 Å². The van der Waals surface area contributed by atoms with Crippen molar-refractivity contribution in [2.75, 3.05) is 0 Å². The van der Waals surface area contributed by atoms with Gasteiger partial charge in [0, 0.05) is 0 Å². The molecule has 2 nitrogen and oxygen atoms in total. The van der Waals surface area contributed by atoms with E-state index in [1.807, 2.05) is 6.92 Å². The summed E-state index contributed by atoms with van der Waals surface area (Å²) < 4.78 is 0. The van der Waals surface area contributed by atoms with Gasteiger partial charge < -0.3 is 5.11 Å². The molecule has 0 spiro atoms. The molecule has 1 aliphatic carbocycles. The molecule has 2 unspecified atom stereocenters. The van der Waals surface area contributed by atoms with Gasteiger partial charge in [0.05, 0.1) is 5.41 Å². The summed E-state index contributed by atoms with van der Waals surface area (Å²) in [4.78, 5) is 11.6. The third-order valence-electron chi connectivity index (χ3n) is 4.51. The van der Waals surface area contributed by atoms with Crippen LogP contribution in [-0.2, 0) is 11.2 Å². The van der Waals surface area contributed by atoms with Crippen LogP contribution in [0.1, 0.15) is 63.0 Å². The number of aliphatic carboxylic acids is 1. The Morgan fingerprint density at radius 3 is 2.84 bits per heavy atom. The van der Waals surface area contributed by atoms with Gasteiger partial charge in [0.25, 0.3) is 0 Å². The Bertz CT molecular complexity index is 452. The van der Waals surface area contributed by atoms with E-state index in [1.165, 1.54) is 17.5 Å². The van der Waals surface area contributed by atoms with Gasteiger partial charge >= 0.3 is 5.97 Å². The maximum atomic E-state index is 11.6. The van der Waals surface area contributed by atoms with Gasteiger partial charge in [-0.2, -0.15) is 0 Å². The van der Waals surface area contributed by atoms with Crippen molar-refractivity contribution in [3.05, 3.63) is 35.4 Å². The highest BCUT2D eigenvalue weighted by atomic mass is 16.4. The highest BCUT2D eigenvalue weighted by Gasteiger charge is 2.36. The van der Waals surface area contributed by atoms with Crippen LogP contribution in [0, 0.1) is 5.41 Å². The van der Waals surface area contributed by atoms with Gasteiger partial charge in [-0.3, -0.25) is 4.79 Å². The van der Waals surface area contributed by atoms with Crippen LogP contribution in [-0.4, -0.2) is 11.1 Å². The molecule has 0 amide bonds. The van der Waals surface area contributed by atoms with Gasteiger partial charge in [0.1, 0.15) is 0 Å². The van der Waals surface area contributed by atoms with E-state index in [1.54, 1.807) is 0 Å². The molecule has 0 bridgehead atoms. The highest BCUT2D eigenvalue weighted by molar-refractivity contribution is 5.74. The first kappa shape index (κ1) is 14.1. The van der Waals surface area contributed by atoms with Gasteiger partial charge in [-0.15, -0.1) is 0 Å². The second-order valence-corrected chi connectivity index (χ2v) is 6.11. The van der Waals surface area contributed by atoms with Crippen LogP contribution < -0.4 is 0 Å². The van der Waals surface area contributed by atoms with Crippen LogP contribution in [0.4, 0.5) is 0 Å². The Labute approximate surface area is 115 Å². The molecule has 0 saturated carbocycles. The van der Waals surface area contributed by atoms with Crippen molar-refractivity contribution < 1.29 is 9.90 Å². The summed E-state index contributed by atoms with van der Waals surface area (Å²) in [7, 11) is 0. The van der Waals surface area contributed by atoms with Crippen molar-refractivity contribution in [1.29, 1.82) is 0 Å². The third-order valence-corrected chi connectivity index (χ3v) is 4.51. The first-order valence-corrected chi connectivity index (χ1v) is 7.38. The minimum Gasteiger partial charge on any atom is -0.481 e. The van der Waals surface area contributed by atoms with Crippen molar-refractivity contribution in [1.82, 2.24) is 0 Å². The number of hydrogen-bond donors (Lipinski definition) is 1. The number of fused-ring (bicyclic) bond motifs is 1. The number of carbonyl (C=O) groups is 1. The minimum atomic E-state index is -0.641. The molecule has 0 heterocycles. The Kier molecular flexibility index (Phi) is 4.28. The zero-order valence-electron chi connectivity index (χ0n) is 12.0. The fraction of sp³-hybridized carbons (Fsp3) is 0.588. The molecule has 0 fully saturated rings. The SMILES string of the molecule is CCCC(C)(CC1CCCc2ccccc21)C(=O)O. The monoisotopic (exact) mass is 260 g/mol. The molecule has 1 aromatic rings. The molecule has 0 saturated heterocycles. The van der Waals surface area contributed by atoms with E-state index >= 15 is 0 Å². The molecular formula is C17H24O2. The largest absolute Gasteiger partial charge is 0.481 e. The zero-order valence-corrected chi connectivity index (χ0v) is 12.0. The van der Waals surface area contributed by atoms with E-state index in [2.05, 4.69) is 31.2 Å². The van der Waals surface area contributed by atoms with Crippen molar-refractivity contribution in [3.8, 4) is 0 Å². The van der Waals surface area contributed by atoms with Crippen molar-refractivity contribution in [3.63, 3.8) is 0 Å². The maximum absolute atomic E-state index is 11.6. The molecule has 2 atom stereocenters. The fourth-order valence-electron chi connectivity index (χ4n) is 3.46. The summed E-state index contributed by atoms with van der Waals surface area (Å²) in [6.45, 7) is 3.98. The molecule has 0 aromatic heterocycles. The lowest BCUT2D eigenvalue weighted by Gasteiger charge is -2.33. The first-order valence-electron chi connectivity index (χ1n) is 7.38. The van der Waals surface area contributed by atoms with Gasteiger partial charge in [-0.25, -0.2) is 0 Å². The van der Waals surface area contributed by atoms with Crippen LogP contribution in [0.5, 0.6) is 0 Å². The van der Waals surface area contributed by atoms with Crippen molar-refractivity contribution in [2.24, 2.45) is 5.41 Å². The lowest BCUT2D eigenvalue weighted by atomic mass is 9.71. The molecule has 1 aliphatic rings. The predicted molar refractivity (Wildman–Crippen MR) is 77.4 cm³/mol. The van der Waals surface area contributed by atoms with Gasteiger partial charge in [-0.05, 0) is 56.1 Å². The lowest BCUT2D eigenvalue weighted by molar-refractivity contribution is -0.149. The van der Waals surface area contributed by atoms with Crippen molar-refractivity contribution >= 4 is 5.97 Å². The molecule has 0 radical (unpaired) electrons. The summed E-state index contributed by atoms with van der Waals surface area (Å²) in [5.74, 6) is -0.227. The molecule has 1 aromatic carbocycles. The van der Waals surface area contributed by atoms with Gasteiger partial charge in [-0.1, -0.05) is 37.6 Å². The summed E-state index contributed by atoms with van der Waals surface area (Å²) in [5.41, 5.74) is 2.23. The molecular weight excluding hydrogens is 236 g/mol. The normalized spacial score (nSPS) is 21.5. The Balaban J connectivity index is 2.22. The average molecular weight is 260 g/mol. The Hall–Kier alpha value is -1.31. The summed E-state index contributed by atoms with van der Waals surface area (Å²) in [6, 6.07) is 8.55. The van der Waals surface area contributed by atoms with Crippen molar-refractivity contribution in [2.45, 2.75) is 58.3 Å². The average Bonchev–Trinajstić information content (AvgIpc) is 2.39. The number of carboxylic acid groups (broad SMARTS) is 1. The second kappa shape index (κ2) is 5.77. The molecule has 2 rings (SSSR count). The second-order valence-electron chi connectivity index (χ2n) is 6.11. The first-order chi connectivity index (χ1) is 9.07.